The molecule has 7 heteroatoms. The molecule has 0 spiro atoms. The van der Waals surface area contributed by atoms with Crippen LogP contribution in [0, 0.1) is 6.92 Å². The van der Waals surface area contributed by atoms with Crippen molar-refractivity contribution in [3.63, 3.8) is 0 Å². The maximum atomic E-state index is 11.4. The van der Waals surface area contributed by atoms with E-state index in [2.05, 4.69) is 9.97 Å². The lowest BCUT2D eigenvalue weighted by Crippen LogP contribution is -2.38. The summed E-state index contributed by atoms with van der Waals surface area (Å²) in [5.74, 6) is 0.591. The zero-order valence-electron chi connectivity index (χ0n) is 13.4. The molecule has 3 rings (SSSR count). The Balaban J connectivity index is 1.81. The summed E-state index contributed by atoms with van der Waals surface area (Å²) in [4.78, 5) is 21.9. The van der Waals surface area contributed by atoms with E-state index in [9.17, 15) is 9.90 Å². The second-order valence-electron chi connectivity index (χ2n) is 5.48. The molecule has 0 atom stereocenters. The molecular formula is C17H19N3O4. The predicted molar refractivity (Wildman–Crippen MR) is 87.5 cm³/mol. The Labute approximate surface area is 139 Å². The van der Waals surface area contributed by atoms with Crippen LogP contribution in [-0.2, 0) is 11.3 Å². The van der Waals surface area contributed by atoms with Crippen LogP contribution < -0.4 is 9.64 Å². The molecule has 1 aromatic heterocycles. The topological polar surface area (TPSA) is 84.8 Å². The lowest BCUT2D eigenvalue weighted by atomic mass is 10.2. The van der Waals surface area contributed by atoms with Gasteiger partial charge in [0.2, 0.25) is 0 Å². The van der Waals surface area contributed by atoms with Crippen LogP contribution in [0.5, 0.6) is 5.75 Å². The summed E-state index contributed by atoms with van der Waals surface area (Å²) in [5.41, 5.74) is 1.12. The third-order valence-corrected chi connectivity index (χ3v) is 3.81. The Morgan fingerprint density at radius 3 is 2.79 bits per heavy atom. The van der Waals surface area contributed by atoms with E-state index in [4.69, 9.17) is 9.47 Å². The van der Waals surface area contributed by atoms with Gasteiger partial charge >= 0.3 is 5.97 Å². The van der Waals surface area contributed by atoms with Crippen molar-refractivity contribution in [2.45, 2.75) is 13.5 Å². The van der Waals surface area contributed by atoms with Gasteiger partial charge in [-0.1, -0.05) is 18.2 Å². The lowest BCUT2D eigenvalue weighted by molar-refractivity contribution is 0.0695. The van der Waals surface area contributed by atoms with Crippen LogP contribution >= 0.6 is 0 Å². The van der Waals surface area contributed by atoms with Crippen LogP contribution in [0.15, 0.2) is 30.5 Å². The molecule has 0 radical (unpaired) electrons. The number of rotatable bonds is 5. The van der Waals surface area contributed by atoms with E-state index >= 15 is 0 Å². The molecule has 7 nitrogen and oxygen atoms in total. The van der Waals surface area contributed by atoms with Crippen molar-refractivity contribution in [1.82, 2.24) is 9.97 Å². The monoisotopic (exact) mass is 329 g/mol. The van der Waals surface area contributed by atoms with E-state index < -0.39 is 5.97 Å². The molecule has 0 bridgehead atoms. The van der Waals surface area contributed by atoms with E-state index in [0.29, 0.717) is 37.9 Å². The average Bonchev–Trinajstić information content (AvgIpc) is 2.61. The van der Waals surface area contributed by atoms with Gasteiger partial charge in [0.05, 0.1) is 13.2 Å². The number of morpholine rings is 1. The number of hydrogen-bond donors (Lipinski definition) is 1. The zero-order chi connectivity index (χ0) is 16.9. The van der Waals surface area contributed by atoms with Crippen molar-refractivity contribution in [3.05, 3.63) is 47.4 Å². The largest absolute Gasteiger partial charge is 0.485 e. The van der Waals surface area contributed by atoms with Gasteiger partial charge in [-0.25, -0.2) is 14.8 Å². The highest BCUT2D eigenvalue weighted by Gasteiger charge is 2.21. The van der Waals surface area contributed by atoms with Gasteiger partial charge < -0.3 is 19.5 Å². The minimum absolute atomic E-state index is 0.0940. The van der Waals surface area contributed by atoms with E-state index in [1.165, 1.54) is 6.20 Å². The number of ether oxygens (including phenoxy) is 2. The summed E-state index contributed by atoms with van der Waals surface area (Å²) in [6.07, 6.45) is 1.34. The molecule has 0 aliphatic carbocycles. The van der Waals surface area contributed by atoms with E-state index in [1.54, 1.807) is 0 Å². The van der Waals surface area contributed by atoms with Gasteiger partial charge in [0.25, 0.3) is 0 Å². The third-order valence-electron chi connectivity index (χ3n) is 3.81. The molecule has 1 fully saturated rings. The standard InChI is InChI=1S/C17H19N3O4/c1-12-4-2-3-5-14(12)24-11-15-18-10-13(17(21)22)16(19-15)20-6-8-23-9-7-20/h2-5,10H,6-9,11H2,1H3,(H,21,22). The molecule has 0 unspecified atom stereocenters. The number of para-hydroxylation sites is 1. The summed E-state index contributed by atoms with van der Waals surface area (Å²) in [6.45, 7) is 4.46. The molecule has 126 valence electrons. The van der Waals surface area contributed by atoms with Crippen molar-refractivity contribution < 1.29 is 19.4 Å². The Hall–Kier alpha value is -2.67. The summed E-state index contributed by atoms with van der Waals surface area (Å²) < 4.78 is 11.1. The number of aryl methyl sites for hydroxylation is 1. The van der Waals surface area contributed by atoms with Gasteiger partial charge in [-0.3, -0.25) is 0 Å². The van der Waals surface area contributed by atoms with Gasteiger partial charge in [0, 0.05) is 19.3 Å². The first-order chi connectivity index (χ1) is 11.6. The molecule has 1 aliphatic heterocycles. The summed E-state index contributed by atoms with van der Waals surface area (Å²) in [6, 6.07) is 7.68. The lowest BCUT2D eigenvalue weighted by Gasteiger charge is -2.28. The zero-order valence-corrected chi connectivity index (χ0v) is 13.4. The quantitative estimate of drug-likeness (QED) is 0.896. The summed E-state index contributed by atoms with van der Waals surface area (Å²) in [7, 11) is 0. The summed E-state index contributed by atoms with van der Waals surface area (Å²) in [5, 5.41) is 9.36. The van der Waals surface area contributed by atoms with Crippen molar-refractivity contribution >= 4 is 11.8 Å². The first kappa shape index (κ1) is 16.2. The Bertz CT molecular complexity index is 730. The second kappa shape index (κ2) is 7.27. The molecule has 1 aliphatic rings. The maximum absolute atomic E-state index is 11.4. The molecule has 0 amide bonds. The highest BCUT2D eigenvalue weighted by atomic mass is 16.5. The maximum Gasteiger partial charge on any atom is 0.341 e. The Morgan fingerprint density at radius 2 is 2.08 bits per heavy atom. The number of hydrogen-bond acceptors (Lipinski definition) is 6. The fourth-order valence-corrected chi connectivity index (χ4v) is 2.51. The minimum Gasteiger partial charge on any atom is -0.485 e. The molecule has 1 saturated heterocycles. The average molecular weight is 329 g/mol. The van der Waals surface area contributed by atoms with Crippen LogP contribution in [0.4, 0.5) is 5.82 Å². The van der Waals surface area contributed by atoms with Crippen LogP contribution in [0.25, 0.3) is 0 Å². The molecule has 0 saturated carbocycles. The van der Waals surface area contributed by atoms with Gasteiger partial charge in [-0.15, -0.1) is 0 Å². The van der Waals surface area contributed by atoms with Crippen molar-refractivity contribution in [2.75, 3.05) is 31.2 Å². The van der Waals surface area contributed by atoms with Gasteiger partial charge in [0.15, 0.2) is 5.82 Å². The highest BCUT2D eigenvalue weighted by molar-refractivity contribution is 5.93. The van der Waals surface area contributed by atoms with Crippen molar-refractivity contribution in [2.24, 2.45) is 0 Å². The summed E-state index contributed by atoms with van der Waals surface area (Å²) >= 11 is 0. The fraction of sp³-hybridized carbons (Fsp3) is 0.353. The molecule has 1 aromatic carbocycles. The van der Waals surface area contributed by atoms with Gasteiger partial charge in [-0.05, 0) is 18.6 Å². The molecule has 2 aromatic rings. The van der Waals surface area contributed by atoms with E-state index in [1.807, 2.05) is 36.1 Å². The highest BCUT2D eigenvalue weighted by Crippen LogP contribution is 2.21. The van der Waals surface area contributed by atoms with Gasteiger partial charge in [-0.2, -0.15) is 0 Å². The van der Waals surface area contributed by atoms with Crippen LogP contribution in [0.1, 0.15) is 21.7 Å². The number of aromatic nitrogens is 2. The SMILES string of the molecule is Cc1ccccc1OCc1ncc(C(=O)O)c(N2CCOCC2)n1. The van der Waals surface area contributed by atoms with E-state index in [-0.39, 0.29) is 12.2 Å². The minimum atomic E-state index is -1.04. The van der Waals surface area contributed by atoms with Crippen LogP contribution in [0.2, 0.25) is 0 Å². The fourth-order valence-electron chi connectivity index (χ4n) is 2.51. The number of carboxylic acids is 1. The molecule has 24 heavy (non-hydrogen) atoms. The van der Waals surface area contributed by atoms with Crippen molar-refractivity contribution in [1.29, 1.82) is 0 Å². The smallest absolute Gasteiger partial charge is 0.341 e. The normalized spacial score (nSPS) is 14.5. The third kappa shape index (κ3) is 3.62. The number of carboxylic acid groups (broad SMARTS) is 1. The molecular weight excluding hydrogens is 310 g/mol. The van der Waals surface area contributed by atoms with Gasteiger partial charge in [0.1, 0.15) is 23.7 Å². The number of nitrogens with zero attached hydrogens (tertiary/aromatic N) is 3. The Kier molecular flexibility index (Phi) is 4.90. The van der Waals surface area contributed by atoms with Crippen molar-refractivity contribution in [3.8, 4) is 5.75 Å². The number of aromatic carboxylic acids is 1. The Morgan fingerprint density at radius 1 is 1.33 bits per heavy atom. The second-order valence-corrected chi connectivity index (χ2v) is 5.48. The van der Waals surface area contributed by atoms with Crippen LogP contribution in [0.3, 0.4) is 0 Å². The first-order valence-corrected chi connectivity index (χ1v) is 7.75. The predicted octanol–water partition coefficient (Wildman–Crippen LogP) is 1.90. The van der Waals surface area contributed by atoms with E-state index in [0.717, 1.165) is 11.3 Å². The van der Waals surface area contributed by atoms with Crippen LogP contribution in [-0.4, -0.2) is 47.3 Å². The number of benzene rings is 1. The number of carbonyl (C=O) groups is 1. The number of anilines is 1. The first-order valence-electron chi connectivity index (χ1n) is 7.75. The molecule has 1 N–H and O–H groups in total. The molecule has 2 heterocycles.